The van der Waals surface area contributed by atoms with Crippen LogP contribution in [0.15, 0.2) is 42.5 Å². The monoisotopic (exact) mass is 356 g/mol. The minimum Gasteiger partial charge on any atom is -0.495 e. The summed E-state index contributed by atoms with van der Waals surface area (Å²) in [6.45, 7) is 4.19. The Morgan fingerprint density at radius 1 is 1.04 bits per heavy atom. The zero-order valence-electron chi connectivity index (χ0n) is 15.3. The van der Waals surface area contributed by atoms with Gasteiger partial charge in [0.15, 0.2) is 0 Å². The Kier molecular flexibility index (Phi) is 7.02. The topological polar surface area (TPSA) is 76.7 Å². The van der Waals surface area contributed by atoms with Crippen LogP contribution in [-0.2, 0) is 4.79 Å². The molecule has 2 N–H and O–H groups in total. The van der Waals surface area contributed by atoms with Crippen LogP contribution in [-0.4, -0.2) is 25.5 Å². The molecule has 0 aromatic heterocycles. The van der Waals surface area contributed by atoms with Gasteiger partial charge in [0.1, 0.15) is 11.5 Å². The summed E-state index contributed by atoms with van der Waals surface area (Å²) in [6, 6.07) is 12.0. The van der Waals surface area contributed by atoms with Crippen LogP contribution < -0.4 is 20.1 Å². The van der Waals surface area contributed by atoms with Gasteiger partial charge in [-0.25, -0.2) is 0 Å². The van der Waals surface area contributed by atoms with E-state index in [-0.39, 0.29) is 11.8 Å². The minimum absolute atomic E-state index is 0.189. The van der Waals surface area contributed by atoms with Crippen LogP contribution >= 0.6 is 0 Å². The number of carbonyl (C=O) groups is 2. The predicted octanol–water partition coefficient (Wildman–Crippen LogP) is 4.08. The van der Waals surface area contributed by atoms with Crippen molar-refractivity contribution in [3.05, 3.63) is 48.0 Å². The normalized spacial score (nSPS) is 10.1. The van der Waals surface area contributed by atoms with Crippen molar-refractivity contribution in [2.24, 2.45) is 0 Å². The van der Waals surface area contributed by atoms with E-state index < -0.39 is 0 Å². The average Bonchev–Trinajstić information content (AvgIpc) is 2.62. The van der Waals surface area contributed by atoms with Gasteiger partial charge in [-0.15, -0.1) is 0 Å². The van der Waals surface area contributed by atoms with Gasteiger partial charge in [-0.3, -0.25) is 9.59 Å². The third-order valence-electron chi connectivity index (χ3n) is 3.65. The summed E-state index contributed by atoms with van der Waals surface area (Å²) in [7, 11) is 1.52. The van der Waals surface area contributed by atoms with E-state index in [0.29, 0.717) is 29.3 Å². The van der Waals surface area contributed by atoms with Gasteiger partial charge in [0.2, 0.25) is 5.91 Å². The summed E-state index contributed by atoms with van der Waals surface area (Å²) >= 11 is 0. The molecule has 6 nitrogen and oxygen atoms in total. The minimum atomic E-state index is -0.275. The summed E-state index contributed by atoms with van der Waals surface area (Å²) < 4.78 is 10.9. The fourth-order valence-corrected chi connectivity index (χ4v) is 2.32. The zero-order valence-corrected chi connectivity index (χ0v) is 15.3. The summed E-state index contributed by atoms with van der Waals surface area (Å²) in [6.07, 6.45) is 2.06. The van der Waals surface area contributed by atoms with E-state index in [1.165, 1.54) is 14.0 Å². The summed E-state index contributed by atoms with van der Waals surface area (Å²) in [5.41, 5.74) is 1.56. The number of rotatable bonds is 8. The molecule has 2 aromatic rings. The average molecular weight is 356 g/mol. The lowest BCUT2D eigenvalue weighted by Gasteiger charge is -2.13. The molecule has 0 heterocycles. The number of hydrogen-bond acceptors (Lipinski definition) is 4. The second kappa shape index (κ2) is 9.46. The van der Waals surface area contributed by atoms with Crippen LogP contribution in [0.4, 0.5) is 11.4 Å². The van der Waals surface area contributed by atoms with Crippen molar-refractivity contribution in [1.29, 1.82) is 0 Å². The molecule has 0 aliphatic heterocycles. The van der Waals surface area contributed by atoms with Gasteiger partial charge in [0, 0.05) is 18.2 Å². The van der Waals surface area contributed by atoms with Crippen LogP contribution in [0, 0.1) is 0 Å². The van der Waals surface area contributed by atoms with Crippen molar-refractivity contribution in [2.75, 3.05) is 24.4 Å². The first-order chi connectivity index (χ1) is 12.5. The number of anilines is 2. The molecule has 2 rings (SSSR count). The smallest absolute Gasteiger partial charge is 0.255 e. The molecule has 0 saturated carbocycles. The molecular formula is C20H24N2O4. The number of carbonyl (C=O) groups excluding carboxylic acids is 2. The maximum absolute atomic E-state index is 12.5. The predicted molar refractivity (Wildman–Crippen MR) is 102 cm³/mol. The number of benzene rings is 2. The fourth-order valence-electron chi connectivity index (χ4n) is 2.32. The molecule has 0 bridgehead atoms. The zero-order chi connectivity index (χ0) is 18.9. The standard InChI is InChI=1S/C20H24N2O4/c1-4-5-12-26-17-9-6-15(7-10-17)20(24)22-18-13-16(21-14(2)23)8-11-19(18)25-3/h6-11,13H,4-5,12H2,1-3H3,(H,21,23)(H,22,24). The molecule has 0 radical (unpaired) electrons. The van der Waals surface area contributed by atoms with Crippen molar-refractivity contribution in [3.63, 3.8) is 0 Å². The SMILES string of the molecule is CCCCOc1ccc(C(=O)Nc2cc(NC(C)=O)ccc2OC)cc1. The molecule has 0 unspecified atom stereocenters. The lowest BCUT2D eigenvalue weighted by atomic mass is 10.2. The Morgan fingerprint density at radius 3 is 2.38 bits per heavy atom. The van der Waals surface area contributed by atoms with Crippen molar-refractivity contribution in [2.45, 2.75) is 26.7 Å². The van der Waals surface area contributed by atoms with Crippen LogP contribution in [0.2, 0.25) is 0 Å². The Bertz CT molecular complexity index is 757. The molecule has 26 heavy (non-hydrogen) atoms. The van der Waals surface area contributed by atoms with Gasteiger partial charge in [0.25, 0.3) is 5.91 Å². The van der Waals surface area contributed by atoms with E-state index in [2.05, 4.69) is 17.6 Å². The maximum atomic E-state index is 12.5. The molecule has 0 fully saturated rings. The summed E-state index contributed by atoms with van der Waals surface area (Å²) in [5, 5.41) is 5.49. The number of amides is 2. The van der Waals surface area contributed by atoms with Gasteiger partial charge in [0.05, 0.1) is 19.4 Å². The molecular weight excluding hydrogens is 332 g/mol. The van der Waals surface area contributed by atoms with Gasteiger partial charge in [-0.1, -0.05) is 13.3 Å². The fraction of sp³-hybridized carbons (Fsp3) is 0.300. The number of ether oxygens (including phenoxy) is 2. The van der Waals surface area contributed by atoms with Crippen molar-refractivity contribution >= 4 is 23.2 Å². The molecule has 0 atom stereocenters. The molecule has 6 heteroatoms. The Balaban J connectivity index is 2.09. The van der Waals surface area contributed by atoms with Gasteiger partial charge in [-0.2, -0.15) is 0 Å². The molecule has 0 saturated heterocycles. The lowest BCUT2D eigenvalue weighted by molar-refractivity contribution is -0.114. The van der Waals surface area contributed by atoms with E-state index in [9.17, 15) is 9.59 Å². The van der Waals surface area contributed by atoms with Gasteiger partial charge < -0.3 is 20.1 Å². The van der Waals surface area contributed by atoms with E-state index in [1.54, 1.807) is 42.5 Å². The summed E-state index contributed by atoms with van der Waals surface area (Å²) in [5.74, 6) is 0.779. The van der Waals surface area contributed by atoms with Crippen molar-refractivity contribution in [1.82, 2.24) is 0 Å². The number of hydrogen-bond donors (Lipinski definition) is 2. The second-order valence-electron chi connectivity index (χ2n) is 5.78. The highest BCUT2D eigenvalue weighted by Gasteiger charge is 2.11. The number of methoxy groups -OCH3 is 1. The summed E-state index contributed by atoms with van der Waals surface area (Å²) in [4.78, 5) is 23.7. The van der Waals surface area contributed by atoms with E-state index in [1.807, 2.05) is 0 Å². The molecule has 2 aromatic carbocycles. The van der Waals surface area contributed by atoms with Crippen LogP contribution in [0.5, 0.6) is 11.5 Å². The maximum Gasteiger partial charge on any atom is 0.255 e. The van der Waals surface area contributed by atoms with Crippen LogP contribution in [0.1, 0.15) is 37.0 Å². The number of unbranched alkanes of at least 4 members (excludes halogenated alkanes) is 1. The van der Waals surface area contributed by atoms with Crippen molar-refractivity contribution < 1.29 is 19.1 Å². The lowest BCUT2D eigenvalue weighted by Crippen LogP contribution is -2.13. The molecule has 0 aliphatic carbocycles. The third kappa shape index (κ3) is 5.51. The van der Waals surface area contributed by atoms with Gasteiger partial charge in [-0.05, 0) is 48.9 Å². The molecule has 0 aliphatic rings. The Hall–Kier alpha value is -3.02. The second-order valence-corrected chi connectivity index (χ2v) is 5.78. The highest BCUT2D eigenvalue weighted by Crippen LogP contribution is 2.28. The largest absolute Gasteiger partial charge is 0.495 e. The molecule has 138 valence electrons. The molecule has 0 spiro atoms. The van der Waals surface area contributed by atoms with E-state index in [0.717, 1.165) is 18.6 Å². The van der Waals surface area contributed by atoms with Gasteiger partial charge >= 0.3 is 0 Å². The molecule has 2 amide bonds. The number of nitrogens with one attached hydrogen (secondary N) is 2. The van der Waals surface area contributed by atoms with Crippen LogP contribution in [0.25, 0.3) is 0 Å². The Morgan fingerprint density at radius 2 is 1.77 bits per heavy atom. The van der Waals surface area contributed by atoms with E-state index >= 15 is 0 Å². The highest BCUT2D eigenvalue weighted by atomic mass is 16.5. The van der Waals surface area contributed by atoms with E-state index in [4.69, 9.17) is 9.47 Å². The quantitative estimate of drug-likeness (QED) is 0.699. The highest BCUT2D eigenvalue weighted by molar-refractivity contribution is 6.05. The first-order valence-corrected chi connectivity index (χ1v) is 8.53. The first-order valence-electron chi connectivity index (χ1n) is 8.53. The van der Waals surface area contributed by atoms with Crippen molar-refractivity contribution in [3.8, 4) is 11.5 Å². The third-order valence-corrected chi connectivity index (χ3v) is 3.65. The first kappa shape index (κ1) is 19.3. The Labute approximate surface area is 153 Å². The van der Waals surface area contributed by atoms with Crippen LogP contribution in [0.3, 0.4) is 0 Å².